The SMILES string of the molecule is Cc1c(N)ccc(C(N)=O)c1-c1nccs1. The van der Waals surface area contributed by atoms with Crippen LogP contribution < -0.4 is 11.5 Å². The smallest absolute Gasteiger partial charge is 0.249 e. The van der Waals surface area contributed by atoms with E-state index in [9.17, 15) is 4.79 Å². The molecule has 1 amide bonds. The number of benzene rings is 1. The number of carbonyl (C=O) groups excluding carboxylic acids is 1. The molecule has 0 radical (unpaired) electrons. The Labute approximate surface area is 96.9 Å². The van der Waals surface area contributed by atoms with E-state index >= 15 is 0 Å². The summed E-state index contributed by atoms with van der Waals surface area (Å²) in [6.07, 6.45) is 1.69. The molecule has 0 fully saturated rings. The number of nitrogens with zero attached hydrogens (tertiary/aromatic N) is 1. The summed E-state index contributed by atoms with van der Waals surface area (Å²) in [5.41, 5.74) is 13.8. The molecule has 1 aromatic carbocycles. The molecule has 0 unspecified atom stereocenters. The predicted octanol–water partition coefficient (Wildman–Crippen LogP) is 1.80. The average Bonchev–Trinajstić information content (AvgIpc) is 2.74. The van der Waals surface area contributed by atoms with E-state index < -0.39 is 5.91 Å². The van der Waals surface area contributed by atoms with E-state index in [1.165, 1.54) is 11.3 Å². The zero-order chi connectivity index (χ0) is 11.7. The topological polar surface area (TPSA) is 82.0 Å². The Morgan fingerprint density at radius 3 is 2.75 bits per heavy atom. The van der Waals surface area contributed by atoms with Crippen molar-refractivity contribution in [2.45, 2.75) is 6.92 Å². The molecule has 2 rings (SSSR count). The van der Waals surface area contributed by atoms with Crippen molar-refractivity contribution >= 4 is 22.9 Å². The third kappa shape index (κ3) is 1.65. The van der Waals surface area contributed by atoms with Crippen molar-refractivity contribution in [3.05, 3.63) is 34.8 Å². The van der Waals surface area contributed by atoms with Crippen LogP contribution in [0, 0.1) is 6.92 Å². The Morgan fingerprint density at radius 1 is 1.44 bits per heavy atom. The number of aromatic nitrogens is 1. The molecule has 5 heteroatoms. The van der Waals surface area contributed by atoms with Crippen molar-refractivity contribution in [3.8, 4) is 10.6 Å². The lowest BCUT2D eigenvalue weighted by atomic mass is 10.0. The summed E-state index contributed by atoms with van der Waals surface area (Å²) in [6, 6.07) is 3.33. The summed E-state index contributed by atoms with van der Waals surface area (Å²) in [5.74, 6) is -0.465. The second kappa shape index (κ2) is 3.94. The van der Waals surface area contributed by atoms with Gasteiger partial charge in [0.15, 0.2) is 0 Å². The van der Waals surface area contributed by atoms with E-state index in [-0.39, 0.29) is 0 Å². The minimum atomic E-state index is -0.465. The fourth-order valence-electron chi connectivity index (χ4n) is 1.56. The highest BCUT2D eigenvalue weighted by Crippen LogP contribution is 2.31. The Bertz CT molecular complexity index is 534. The van der Waals surface area contributed by atoms with Crippen LogP contribution in [-0.2, 0) is 0 Å². The van der Waals surface area contributed by atoms with Crippen molar-refractivity contribution in [2.75, 3.05) is 5.73 Å². The summed E-state index contributed by atoms with van der Waals surface area (Å²) < 4.78 is 0. The second-order valence-electron chi connectivity index (χ2n) is 3.40. The molecule has 0 aliphatic carbocycles. The first kappa shape index (κ1) is 10.6. The summed E-state index contributed by atoms with van der Waals surface area (Å²) in [5, 5.41) is 2.61. The van der Waals surface area contributed by atoms with Crippen molar-refractivity contribution in [3.63, 3.8) is 0 Å². The number of thiazole rings is 1. The molecular formula is C11H11N3OS. The van der Waals surface area contributed by atoms with E-state index in [1.54, 1.807) is 18.3 Å². The maximum atomic E-state index is 11.3. The van der Waals surface area contributed by atoms with Crippen LogP contribution in [0.1, 0.15) is 15.9 Å². The number of carbonyl (C=O) groups is 1. The molecule has 2 aromatic rings. The maximum absolute atomic E-state index is 11.3. The van der Waals surface area contributed by atoms with E-state index in [4.69, 9.17) is 11.5 Å². The number of nitrogen functional groups attached to an aromatic ring is 1. The highest BCUT2D eigenvalue weighted by atomic mass is 32.1. The van der Waals surface area contributed by atoms with Crippen LogP contribution in [0.4, 0.5) is 5.69 Å². The van der Waals surface area contributed by atoms with Gasteiger partial charge in [-0.25, -0.2) is 4.98 Å². The minimum Gasteiger partial charge on any atom is -0.398 e. The molecule has 0 atom stereocenters. The van der Waals surface area contributed by atoms with Gasteiger partial charge in [0.2, 0.25) is 5.91 Å². The fourth-order valence-corrected chi connectivity index (χ4v) is 2.31. The van der Waals surface area contributed by atoms with Crippen molar-refractivity contribution in [1.29, 1.82) is 0 Å². The molecule has 16 heavy (non-hydrogen) atoms. The van der Waals surface area contributed by atoms with Gasteiger partial charge in [-0.1, -0.05) is 0 Å². The van der Waals surface area contributed by atoms with Crippen LogP contribution in [-0.4, -0.2) is 10.9 Å². The number of primary amides is 1. The molecule has 82 valence electrons. The van der Waals surface area contributed by atoms with E-state index in [1.807, 2.05) is 12.3 Å². The molecule has 0 aliphatic rings. The van der Waals surface area contributed by atoms with Crippen LogP contribution >= 0.6 is 11.3 Å². The monoisotopic (exact) mass is 233 g/mol. The molecule has 0 spiro atoms. The number of hydrogen-bond donors (Lipinski definition) is 2. The molecule has 0 bridgehead atoms. The van der Waals surface area contributed by atoms with Crippen molar-refractivity contribution in [2.24, 2.45) is 5.73 Å². The van der Waals surface area contributed by atoms with Crippen LogP contribution in [0.25, 0.3) is 10.6 Å². The fraction of sp³-hybridized carbons (Fsp3) is 0.0909. The van der Waals surface area contributed by atoms with Gasteiger partial charge in [-0.2, -0.15) is 0 Å². The van der Waals surface area contributed by atoms with Gasteiger partial charge in [0.05, 0.1) is 0 Å². The number of amides is 1. The average molecular weight is 233 g/mol. The Morgan fingerprint density at radius 2 is 2.19 bits per heavy atom. The van der Waals surface area contributed by atoms with Gasteiger partial charge in [0.25, 0.3) is 0 Å². The van der Waals surface area contributed by atoms with Gasteiger partial charge < -0.3 is 11.5 Å². The predicted molar refractivity (Wildman–Crippen MR) is 65.2 cm³/mol. The summed E-state index contributed by atoms with van der Waals surface area (Å²) in [6.45, 7) is 1.86. The van der Waals surface area contributed by atoms with E-state index in [0.29, 0.717) is 11.3 Å². The van der Waals surface area contributed by atoms with Gasteiger partial charge in [0, 0.05) is 28.4 Å². The van der Waals surface area contributed by atoms with Crippen LogP contribution in [0.5, 0.6) is 0 Å². The third-order valence-electron chi connectivity index (χ3n) is 2.42. The molecule has 4 nitrogen and oxygen atoms in total. The van der Waals surface area contributed by atoms with E-state index in [2.05, 4.69) is 4.98 Å². The number of rotatable bonds is 2. The van der Waals surface area contributed by atoms with Crippen LogP contribution in [0.3, 0.4) is 0 Å². The summed E-state index contributed by atoms with van der Waals surface area (Å²) in [4.78, 5) is 15.5. The van der Waals surface area contributed by atoms with Gasteiger partial charge in [-0.3, -0.25) is 4.79 Å². The Kier molecular flexibility index (Phi) is 2.62. The third-order valence-corrected chi connectivity index (χ3v) is 3.21. The second-order valence-corrected chi connectivity index (χ2v) is 4.30. The van der Waals surface area contributed by atoms with Crippen molar-refractivity contribution < 1.29 is 4.79 Å². The molecule has 1 heterocycles. The number of hydrogen-bond acceptors (Lipinski definition) is 4. The highest BCUT2D eigenvalue weighted by molar-refractivity contribution is 7.13. The molecule has 0 saturated carbocycles. The molecule has 4 N–H and O–H groups in total. The molecule has 1 aromatic heterocycles. The normalized spacial score (nSPS) is 10.3. The standard InChI is InChI=1S/C11H11N3OS/c1-6-8(12)3-2-7(10(13)15)9(6)11-14-4-5-16-11/h2-5H,12H2,1H3,(H2,13,15). The van der Waals surface area contributed by atoms with Gasteiger partial charge in [-0.05, 0) is 24.6 Å². The minimum absolute atomic E-state index is 0.460. The van der Waals surface area contributed by atoms with Gasteiger partial charge in [-0.15, -0.1) is 11.3 Å². The van der Waals surface area contributed by atoms with Gasteiger partial charge in [0.1, 0.15) is 5.01 Å². The molecular weight excluding hydrogens is 222 g/mol. The van der Waals surface area contributed by atoms with Gasteiger partial charge >= 0.3 is 0 Å². The summed E-state index contributed by atoms with van der Waals surface area (Å²) in [7, 11) is 0. The first-order valence-corrected chi connectivity index (χ1v) is 5.58. The lowest BCUT2D eigenvalue weighted by Gasteiger charge is -2.10. The Hall–Kier alpha value is -1.88. The van der Waals surface area contributed by atoms with Crippen molar-refractivity contribution in [1.82, 2.24) is 4.98 Å². The van der Waals surface area contributed by atoms with Crippen LogP contribution in [0.15, 0.2) is 23.7 Å². The molecule has 0 aliphatic heterocycles. The lowest BCUT2D eigenvalue weighted by molar-refractivity contribution is 0.100. The summed E-state index contributed by atoms with van der Waals surface area (Å²) >= 11 is 1.46. The largest absolute Gasteiger partial charge is 0.398 e. The van der Waals surface area contributed by atoms with Crippen LogP contribution in [0.2, 0.25) is 0 Å². The zero-order valence-corrected chi connectivity index (χ0v) is 9.54. The highest BCUT2D eigenvalue weighted by Gasteiger charge is 2.16. The first-order chi connectivity index (χ1) is 7.61. The molecule has 0 saturated heterocycles. The maximum Gasteiger partial charge on any atom is 0.249 e. The number of nitrogens with two attached hydrogens (primary N) is 2. The first-order valence-electron chi connectivity index (χ1n) is 4.70. The van der Waals surface area contributed by atoms with E-state index in [0.717, 1.165) is 16.1 Å². The lowest BCUT2D eigenvalue weighted by Crippen LogP contribution is -2.13. The quantitative estimate of drug-likeness (QED) is 0.776. The zero-order valence-electron chi connectivity index (χ0n) is 8.73. The number of anilines is 1. The Balaban J connectivity index is 2.74.